The van der Waals surface area contributed by atoms with Crippen LogP contribution in [-0.4, -0.2) is 38.1 Å². The number of carbonyl (C=O) groups excluding carboxylic acids is 1. The van der Waals surface area contributed by atoms with Gasteiger partial charge in [0.25, 0.3) is 0 Å². The first-order valence-electron chi connectivity index (χ1n) is 9.83. The van der Waals surface area contributed by atoms with E-state index >= 15 is 0 Å². The Morgan fingerprint density at radius 3 is 2.35 bits per heavy atom. The number of rotatable bonds is 6. The van der Waals surface area contributed by atoms with Crippen LogP contribution in [0.15, 0.2) is 79.0 Å². The summed E-state index contributed by atoms with van der Waals surface area (Å²) in [5.41, 5.74) is 4.55. The molecule has 7 heteroatoms. The van der Waals surface area contributed by atoms with Crippen LogP contribution in [0.2, 0.25) is 0 Å². The molecule has 0 fully saturated rings. The van der Waals surface area contributed by atoms with Crippen LogP contribution in [-0.2, 0) is 6.54 Å². The minimum atomic E-state index is -0.0729. The monoisotopic (exact) mass is 409 g/mol. The number of Topliss-reactive ketones (excluding diaryl/α,β-unsaturated/α-hetero) is 1. The zero-order chi connectivity index (χ0) is 21.2. The smallest absolute Gasteiger partial charge is 0.204 e. The fraction of sp³-hybridized carbons (Fsp3) is 0.0833. The molecule has 0 bridgehead atoms. The molecule has 0 atom stereocenters. The van der Waals surface area contributed by atoms with Gasteiger partial charge < -0.3 is 9.72 Å². The number of H-pyrrole nitrogens is 1. The van der Waals surface area contributed by atoms with Gasteiger partial charge in [0.05, 0.1) is 7.11 Å². The number of hydrogen-bond donors (Lipinski definition) is 1. The average Bonchev–Trinajstić information content (AvgIpc) is 3.46. The summed E-state index contributed by atoms with van der Waals surface area (Å²) in [7, 11) is 1.65. The van der Waals surface area contributed by atoms with E-state index in [0.29, 0.717) is 11.4 Å². The Hall–Kier alpha value is -4.26. The first kappa shape index (κ1) is 18.7. The summed E-state index contributed by atoms with van der Waals surface area (Å²) in [6.45, 7) is 0.0266. The van der Waals surface area contributed by atoms with Crippen molar-refractivity contribution in [1.82, 2.24) is 25.2 Å². The van der Waals surface area contributed by atoms with Gasteiger partial charge in [-0.3, -0.25) is 4.79 Å². The predicted octanol–water partition coefficient (Wildman–Crippen LogP) is 4.38. The zero-order valence-electron chi connectivity index (χ0n) is 16.8. The molecular weight excluding hydrogens is 390 g/mol. The van der Waals surface area contributed by atoms with Crippen LogP contribution in [0, 0.1) is 0 Å². The van der Waals surface area contributed by atoms with E-state index in [1.807, 2.05) is 72.8 Å². The number of benzene rings is 3. The van der Waals surface area contributed by atoms with Gasteiger partial charge in [-0.1, -0.05) is 54.6 Å². The van der Waals surface area contributed by atoms with Gasteiger partial charge >= 0.3 is 0 Å². The summed E-state index contributed by atoms with van der Waals surface area (Å²) in [6, 6.07) is 23.5. The summed E-state index contributed by atoms with van der Waals surface area (Å²) < 4.78 is 5.20. The van der Waals surface area contributed by atoms with Crippen LogP contribution >= 0.6 is 0 Å². The largest absolute Gasteiger partial charge is 0.497 e. The highest BCUT2D eigenvalue weighted by Crippen LogP contribution is 2.25. The molecular formula is C24H19N5O2. The highest BCUT2D eigenvalue weighted by atomic mass is 16.5. The highest BCUT2D eigenvalue weighted by molar-refractivity contribution is 6.07. The topological polar surface area (TPSA) is 85.7 Å². The van der Waals surface area contributed by atoms with E-state index in [0.717, 1.165) is 33.3 Å². The molecule has 0 unspecified atom stereocenters. The first-order valence-corrected chi connectivity index (χ1v) is 9.83. The fourth-order valence-electron chi connectivity index (χ4n) is 3.54. The van der Waals surface area contributed by atoms with Crippen molar-refractivity contribution < 1.29 is 9.53 Å². The van der Waals surface area contributed by atoms with Gasteiger partial charge in [0.15, 0.2) is 5.78 Å². The Bertz CT molecular complexity index is 1350. The molecule has 0 aliphatic rings. The van der Waals surface area contributed by atoms with E-state index in [4.69, 9.17) is 4.74 Å². The Morgan fingerprint density at radius 2 is 1.61 bits per heavy atom. The molecule has 0 aliphatic heterocycles. The van der Waals surface area contributed by atoms with Crippen molar-refractivity contribution in [2.75, 3.05) is 7.11 Å². The molecule has 0 saturated heterocycles. The quantitative estimate of drug-likeness (QED) is 0.421. The maximum Gasteiger partial charge on any atom is 0.204 e. The lowest BCUT2D eigenvalue weighted by Gasteiger charge is -2.04. The van der Waals surface area contributed by atoms with E-state index in [1.54, 1.807) is 13.3 Å². The van der Waals surface area contributed by atoms with Crippen molar-refractivity contribution in [3.8, 4) is 28.3 Å². The lowest BCUT2D eigenvalue weighted by Crippen LogP contribution is -2.13. The number of hydrogen-bond acceptors (Lipinski definition) is 5. The SMILES string of the molecule is COc1ccc(-c2ccc(-c3nnn(CC(=O)c4c[nH]c5ccccc45)n3)cc2)cc1. The number of carbonyl (C=O) groups is 1. The number of aromatic amines is 1. The van der Waals surface area contributed by atoms with Crippen molar-refractivity contribution in [3.63, 3.8) is 0 Å². The second-order valence-electron chi connectivity index (χ2n) is 7.12. The Labute approximate surface area is 178 Å². The van der Waals surface area contributed by atoms with Gasteiger partial charge in [-0.15, -0.1) is 10.2 Å². The number of fused-ring (bicyclic) bond motifs is 1. The van der Waals surface area contributed by atoms with Gasteiger partial charge in [-0.2, -0.15) is 4.80 Å². The van der Waals surface area contributed by atoms with Gasteiger partial charge in [0.2, 0.25) is 5.82 Å². The maximum absolute atomic E-state index is 12.7. The van der Waals surface area contributed by atoms with Crippen LogP contribution in [0.25, 0.3) is 33.4 Å². The second-order valence-corrected chi connectivity index (χ2v) is 7.12. The summed E-state index contributed by atoms with van der Waals surface area (Å²) >= 11 is 0. The Morgan fingerprint density at radius 1 is 0.935 bits per heavy atom. The molecule has 31 heavy (non-hydrogen) atoms. The molecule has 0 radical (unpaired) electrons. The molecule has 5 aromatic rings. The first-order chi connectivity index (χ1) is 15.2. The molecule has 3 aromatic carbocycles. The molecule has 152 valence electrons. The molecule has 0 amide bonds. The third kappa shape index (κ3) is 3.69. The number of para-hydroxylation sites is 1. The van der Waals surface area contributed by atoms with Crippen LogP contribution in [0.3, 0.4) is 0 Å². The van der Waals surface area contributed by atoms with Gasteiger partial charge in [0, 0.05) is 28.2 Å². The summed E-state index contributed by atoms with van der Waals surface area (Å²) in [5, 5.41) is 13.4. The third-order valence-corrected chi connectivity index (χ3v) is 5.19. The van der Waals surface area contributed by atoms with Crippen molar-refractivity contribution in [2.45, 2.75) is 6.54 Å². The molecule has 7 nitrogen and oxygen atoms in total. The van der Waals surface area contributed by atoms with E-state index in [2.05, 4.69) is 20.4 Å². The second kappa shape index (κ2) is 7.87. The number of aromatic nitrogens is 5. The van der Waals surface area contributed by atoms with Crippen molar-refractivity contribution in [2.24, 2.45) is 0 Å². The molecule has 0 saturated carbocycles. The minimum absolute atomic E-state index is 0.0266. The fourth-order valence-corrected chi connectivity index (χ4v) is 3.54. The van der Waals surface area contributed by atoms with Crippen LogP contribution < -0.4 is 4.74 Å². The van der Waals surface area contributed by atoms with E-state index in [-0.39, 0.29) is 12.3 Å². The molecule has 0 spiro atoms. The van der Waals surface area contributed by atoms with Crippen LogP contribution in [0.1, 0.15) is 10.4 Å². The number of methoxy groups -OCH3 is 1. The maximum atomic E-state index is 12.7. The molecule has 2 aromatic heterocycles. The van der Waals surface area contributed by atoms with Crippen LogP contribution in [0.5, 0.6) is 5.75 Å². The number of nitrogens with one attached hydrogen (secondary N) is 1. The standard InChI is InChI=1S/C24H19N5O2/c1-31-19-12-10-17(11-13-19)16-6-8-18(9-7-16)24-26-28-29(27-24)15-23(30)21-14-25-22-5-3-2-4-20(21)22/h2-14,25H,15H2,1H3. The molecule has 0 aliphatic carbocycles. The molecule has 1 N–H and O–H groups in total. The van der Waals surface area contributed by atoms with E-state index < -0.39 is 0 Å². The lowest BCUT2D eigenvalue weighted by atomic mass is 10.0. The normalized spacial score (nSPS) is 11.0. The lowest BCUT2D eigenvalue weighted by molar-refractivity contribution is 0.0963. The Kier molecular flexibility index (Phi) is 4.76. The highest BCUT2D eigenvalue weighted by Gasteiger charge is 2.15. The zero-order valence-corrected chi connectivity index (χ0v) is 16.8. The average molecular weight is 409 g/mol. The van der Waals surface area contributed by atoms with Crippen molar-refractivity contribution >= 4 is 16.7 Å². The summed E-state index contributed by atoms with van der Waals surface area (Å²) in [6.07, 6.45) is 1.72. The number of tetrazole rings is 1. The van der Waals surface area contributed by atoms with E-state index in [1.165, 1.54) is 4.80 Å². The Balaban J connectivity index is 1.32. The molecule has 2 heterocycles. The van der Waals surface area contributed by atoms with Gasteiger partial charge in [-0.05, 0) is 34.5 Å². The number of ether oxygens (including phenoxy) is 1. The summed E-state index contributed by atoms with van der Waals surface area (Å²) in [5.74, 6) is 1.23. The molecule has 5 rings (SSSR count). The van der Waals surface area contributed by atoms with Gasteiger partial charge in [-0.25, -0.2) is 0 Å². The summed E-state index contributed by atoms with van der Waals surface area (Å²) in [4.78, 5) is 17.2. The third-order valence-electron chi connectivity index (χ3n) is 5.19. The van der Waals surface area contributed by atoms with Gasteiger partial charge in [0.1, 0.15) is 12.3 Å². The minimum Gasteiger partial charge on any atom is -0.497 e. The van der Waals surface area contributed by atoms with E-state index in [9.17, 15) is 4.79 Å². The predicted molar refractivity (Wildman–Crippen MR) is 118 cm³/mol. The van der Waals surface area contributed by atoms with Crippen LogP contribution in [0.4, 0.5) is 0 Å². The number of nitrogens with zero attached hydrogens (tertiary/aromatic N) is 4. The van der Waals surface area contributed by atoms with Crippen molar-refractivity contribution in [1.29, 1.82) is 0 Å². The number of ketones is 1. The van der Waals surface area contributed by atoms with Crippen molar-refractivity contribution in [3.05, 3.63) is 84.6 Å².